The molecule has 0 unspecified atom stereocenters. The second-order valence-electron chi connectivity index (χ2n) is 10.7. The molecule has 0 spiro atoms. The lowest BCUT2D eigenvalue weighted by molar-refractivity contribution is -0.192. The van der Waals surface area contributed by atoms with E-state index in [2.05, 4.69) is 21.5 Å². The van der Waals surface area contributed by atoms with E-state index in [1.54, 1.807) is 28.9 Å². The SMILES string of the molecule is CO[C@@H](Cc1cnn2cc([C@@H](N)C3CCC(F)(F)CC3)nc2c1)N1C[C@@H](C2(C#N)CC2)NC1=O.O=C(O)C(F)(F)F. The zero-order chi connectivity index (χ0) is 30.2. The molecule has 2 aromatic rings. The van der Waals surface area contributed by atoms with Crippen LogP contribution in [0.2, 0.25) is 0 Å². The summed E-state index contributed by atoms with van der Waals surface area (Å²) in [4.78, 5) is 27.7. The van der Waals surface area contributed by atoms with Crippen LogP contribution in [0, 0.1) is 22.7 Å². The maximum absolute atomic E-state index is 13.5. The van der Waals surface area contributed by atoms with Crippen molar-refractivity contribution in [1.82, 2.24) is 24.8 Å². The number of nitrogens with zero attached hydrogens (tertiary/aromatic N) is 5. The smallest absolute Gasteiger partial charge is 0.475 e. The van der Waals surface area contributed by atoms with E-state index in [0.29, 0.717) is 37.1 Å². The summed E-state index contributed by atoms with van der Waals surface area (Å²) in [7, 11) is 1.55. The Balaban J connectivity index is 0.000000493. The van der Waals surface area contributed by atoms with Crippen LogP contribution in [0.25, 0.3) is 5.65 Å². The van der Waals surface area contributed by atoms with Crippen molar-refractivity contribution in [2.45, 2.75) is 75.4 Å². The molecule has 2 amide bonds. The first-order valence-electron chi connectivity index (χ1n) is 13.0. The fraction of sp³-hybridized carbons (Fsp3) is 0.640. The number of alkyl halides is 5. The van der Waals surface area contributed by atoms with Crippen LogP contribution >= 0.6 is 0 Å². The maximum atomic E-state index is 13.5. The van der Waals surface area contributed by atoms with E-state index in [9.17, 15) is 32.0 Å². The number of ether oxygens (including phenoxy) is 1. The maximum Gasteiger partial charge on any atom is 0.490 e. The Morgan fingerprint density at radius 1 is 1.32 bits per heavy atom. The van der Waals surface area contributed by atoms with E-state index in [4.69, 9.17) is 20.4 Å². The van der Waals surface area contributed by atoms with E-state index in [0.717, 1.165) is 18.4 Å². The minimum atomic E-state index is -5.08. The number of fused-ring (bicyclic) bond motifs is 1. The Hall–Kier alpha value is -3.58. The topological polar surface area (TPSA) is 159 Å². The lowest BCUT2D eigenvalue weighted by Crippen LogP contribution is -2.40. The van der Waals surface area contributed by atoms with Gasteiger partial charge in [0.1, 0.15) is 6.23 Å². The second kappa shape index (κ2) is 11.4. The molecule has 4 N–H and O–H groups in total. The first-order chi connectivity index (χ1) is 19.2. The highest BCUT2D eigenvalue weighted by molar-refractivity contribution is 5.77. The average molecular weight is 588 g/mol. The Bertz CT molecular complexity index is 1310. The van der Waals surface area contributed by atoms with Gasteiger partial charge in [-0.3, -0.25) is 4.90 Å². The third kappa shape index (κ3) is 6.84. The van der Waals surface area contributed by atoms with Crippen LogP contribution in [0.1, 0.15) is 55.8 Å². The lowest BCUT2D eigenvalue weighted by Gasteiger charge is -2.31. The summed E-state index contributed by atoms with van der Waals surface area (Å²) in [6, 6.07) is 3.36. The van der Waals surface area contributed by atoms with Gasteiger partial charge in [-0.05, 0) is 43.2 Å². The standard InChI is InChI=1S/C23H29F2N7O2.C2HF3O2/c1-34-19(31-12-17(30-21(31)33)22(13-26)6-7-22)9-14-8-18-29-16(11-32(18)28-10-14)20(27)15-2-4-23(24,25)5-3-15;3-2(4,5)1(6)7/h8,10-11,15,17,19-20H,2-7,9,12,27H2,1H3,(H,30,33);(H,6,7)/t17-,19-,20-;/m0./s1. The predicted octanol–water partition coefficient (Wildman–Crippen LogP) is 3.40. The normalized spacial score (nSPS) is 23.2. The first kappa shape index (κ1) is 30.4. The lowest BCUT2D eigenvalue weighted by atomic mass is 9.81. The Morgan fingerprint density at radius 3 is 2.49 bits per heavy atom. The number of halogens is 5. The van der Waals surface area contributed by atoms with Gasteiger partial charge in [0, 0.05) is 32.9 Å². The summed E-state index contributed by atoms with van der Waals surface area (Å²) < 4.78 is 66.0. The molecule has 0 aromatic carbocycles. The molecule has 2 aliphatic carbocycles. The molecule has 0 bridgehead atoms. The number of methoxy groups -OCH3 is 1. The van der Waals surface area contributed by atoms with Gasteiger partial charge in [0.15, 0.2) is 5.65 Å². The number of carboxylic acids is 1. The van der Waals surface area contributed by atoms with E-state index in [1.807, 2.05) is 6.07 Å². The number of aliphatic carboxylic acids is 1. The monoisotopic (exact) mass is 587 g/mol. The summed E-state index contributed by atoms with van der Waals surface area (Å²) in [5, 5.41) is 23.9. The highest BCUT2D eigenvalue weighted by Gasteiger charge is 2.54. The van der Waals surface area contributed by atoms with Crippen LogP contribution in [-0.4, -0.2) is 74.6 Å². The van der Waals surface area contributed by atoms with E-state index >= 15 is 0 Å². The third-order valence-corrected chi connectivity index (χ3v) is 7.90. The van der Waals surface area contributed by atoms with Gasteiger partial charge in [-0.25, -0.2) is 27.9 Å². The Kier molecular flexibility index (Phi) is 8.42. The number of nitriles is 1. The number of hydrogen-bond donors (Lipinski definition) is 3. The summed E-state index contributed by atoms with van der Waals surface area (Å²) in [6.07, 6.45) is 0.336. The van der Waals surface area contributed by atoms with Crippen molar-refractivity contribution < 1.29 is 41.4 Å². The van der Waals surface area contributed by atoms with E-state index in [-0.39, 0.29) is 30.8 Å². The minimum absolute atomic E-state index is 0.0355. The van der Waals surface area contributed by atoms with Gasteiger partial charge in [-0.1, -0.05) is 0 Å². The van der Waals surface area contributed by atoms with Gasteiger partial charge >= 0.3 is 18.2 Å². The number of nitrogens with one attached hydrogen (secondary N) is 1. The van der Waals surface area contributed by atoms with Crippen molar-refractivity contribution in [3.8, 4) is 6.07 Å². The van der Waals surface area contributed by atoms with Crippen molar-refractivity contribution in [1.29, 1.82) is 5.26 Å². The minimum Gasteiger partial charge on any atom is -0.475 e. The van der Waals surface area contributed by atoms with Crippen LogP contribution in [0.3, 0.4) is 0 Å². The number of carbonyl (C=O) groups excluding carboxylic acids is 1. The average Bonchev–Trinajstić information content (AvgIpc) is 3.44. The van der Waals surface area contributed by atoms with Gasteiger partial charge in [0.25, 0.3) is 0 Å². The second-order valence-corrected chi connectivity index (χ2v) is 10.7. The largest absolute Gasteiger partial charge is 0.490 e. The molecule has 3 heterocycles. The molecule has 2 aromatic heterocycles. The molecular weight excluding hydrogens is 557 g/mol. The highest BCUT2D eigenvalue weighted by atomic mass is 19.4. The quantitative estimate of drug-likeness (QED) is 0.416. The number of amides is 2. The van der Waals surface area contributed by atoms with Gasteiger partial charge in [-0.2, -0.15) is 23.5 Å². The van der Waals surface area contributed by atoms with Crippen molar-refractivity contribution in [3.63, 3.8) is 0 Å². The van der Waals surface area contributed by atoms with Crippen molar-refractivity contribution in [3.05, 3.63) is 29.7 Å². The summed E-state index contributed by atoms with van der Waals surface area (Å²) in [5.41, 5.74) is 8.00. The Labute approximate surface area is 231 Å². The van der Waals surface area contributed by atoms with Crippen LogP contribution in [0.15, 0.2) is 18.5 Å². The summed E-state index contributed by atoms with van der Waals surface area (Å²) >= 11 is 0. The third-order valence-electron chi connectivity index (χ3n) is 7.90. The molecule has 2 saturated carbocycles. The van der Waals surface area contributed by atoms with Crippen molar-refractivity contribution >= 4 is 17.6 Å². The summed E-state index contributed by atoms with van der Waals surface area (Å²) in [6.45, 7) is 0.420. The fourth-order valence-electron chi connectivity index (χ4n) is 5.18. The molecule has 16 heteroatoms. The molecule has 0 radical (unpaired) electrons. The molecule has 5 rings (SSSR count). The van der Waals surface area contributed by atoms with Gasteiger partial charge in [0.2, 0.25) is 5.92 Å². The van der Waals surface area contributed by atoms with E-state index in [1.165, 1.54) is 0 Å². The number of imidazole rings is 1. The van der Waals surface area contributed by atoms with Crippen LogP contribution < -0.4 is 11.1 Å². The number of aromatic nitrogens is 3. The van der Waals surface area contributed by atoms with Crippen LogP contribution in [0.5, 0.6) is 0 Å². The number of nitrogens with two attached hydrogens (primary N) is 1. The first-order valence-corrected chi connectivity index (χ1v) is 13.0. The molecule has 1 aliphatic heterocycles. The van der Waals surface area contributed by atoms with Gasteiger partial charge < -0.3 is 20.9 Å². The number of carboxylic acid groups (broad SMARTS) is 1. The van der Waals surface area contributed by atoms with E-state index < -0.39 is 35.8 Å². The molecule has 11 nitrogen and oxygen atoms in total. The number of hydrogen-bond acceptors (Lipinski definition) is 7. The van der Waals surface area contributed by atoms with Crippen LogP contribution in [-0.2, 0) is 16.0 Å². The number of rotatable bonds is 7. The molecule has 1 saturated heterocycles. The Morgan fingerprint density at radius 2 is 1.95 bits per heavy atom. The van der Waals surface area contributed by atoms with Crippen molar-refractivity contribution in [2.75, 3.05) is 13.7 Å². The highest BCUT2D eigenvalue weighted by Crippen LogP contribution is 2.49. The molecule has 3 aliphatic rings. The predicted molar refractivity (Wildman–Crippen MR) is 131 cm³/mol. The number of carbonyl (C=O) groups is 2. The molecular formula is C25H30F5N7O4. The van der Waals surface area contributed by atoms with Gasteiger partial charge in [0.05, 0.1) is 41.7 Å². The molecule has 41 heavy (non-hydrogen) atoms. The molecule has 224 valence electrons. The molecule has 3 atom stereocenters. The summed E-state index contributed by atoms with van der Waals surface area (Å²) in [5.74, 6) is -5.39. The fourth-order valence-corrected chi connectivity index (χ4v) is 5.18. The van der Waals surface area contributed by atoms with Crippen LogP contribution in [0.4, 0.5) is 26.7 Å². The zero-order valence-electron chi connectivity index (χ0n) is 22.1. The van der Waals surface area contributed by atoms with Gasteiger partial charge in [-0.15, -0.1) is 0 Å². The van der Waals surface area contributed by atoms with Crippen molar-refractivity contribution in [2.24, 2.45) is 17.1 Å². The zero-order valence-corrected chi connectivity index (χ0v) is 22.1. The number of urea groups is 1. The molecule has 3 fully saturated rings.